The van der Waals surface area contributed by atoms with Crippen LogP contribution in [0.15, 0.2) is 48.8 Å². The lowest BCUT2D eigenvalue weighted by Gasteiger charge is -2.28. The predicted molar refractivity (Wildman–Crippen MR) is 136 cm³/mol. The Morgan fingerprint density at radius 1 is 1.03 bits per heavy atom. The molecule has 0 saturated heterocycles. The van der Waals surface area contributed by atoms with Crippen molar-refractivity contribution < 1.29 is 4.36 Å². The SMILES string of the molecule is C=[n+]1ncc2cc3c(cc21)c1cccc(C)c1n1nc2c(c31)CN(c1ncc(Cl)cc1Cl)CC2. The predicted octanol–water partition coefficient (Wildman–Crippen LogP) is 5.41. The second-order valence-electron chi connectivity index (χ2n) is 8.89. The molecule has 0 atom stereocenters. The first-order chi connectivity index (χ1) is 16.5. The maximum atomic E-state index is 6.52. The van der Waals surface area contributed by atoms with Crippen LogP contribution in [0.1, 0.15) is 16.8 Å². The summed E-state index contributed by atoms with van der Waals surface area (Å²) in [7, 11) is 0. The molecule has 6 nitrogen and oxygen atoms in total. The molecule has 0 amide bonds. The van der Waals surface area contributed by atoms with Gasteiger partial charge in [0, 0.05) is 48.1 Å². The van der Waals surface area contributed by atoms with E-state index in [1.165, 1.54) is 21.9 Å². The van der Waals surface area contributed by atoms with Gasteiger partial charge in [-0.3, -0.25) is 0 Å². The molecule has 5 heterocycles. The smallest absolute Gasteiger partial charge is 0.246 e. The minimum atomic E-state index is 0.533. The van der Waals surface area contributed by atoms with Crippen LogP contribution in [-0.4, -0.2) is 26.2 Å². The number of aryl methyl sites for hydroxylation is 1. The van der Waals surface area contributed by atoms with E-state index in [2.05, 4.69) is 63.5 Å². The fraction of sp³-hybridized carbons (Fsp3) is 0.154. The normalized spacial score (nSPS) is 14.0. The van der Waals surface area contributed by atoms with Crippen LogP contribution in [0.25, 0.3) is 38.1 Å². The summed E-state index contributed by atoms with van der Waals surface area (Å²) in [6.45, 7) is 7.65. The Morgan fingerprint density at radius 2 is 1.91 bits per heavy atom. The highest BCUT2D eigenvalue weighted by Gasteiger charge is 2.27. The zero-order chi connectivity index (χ0) is 23.1. The van der Waals surface area contributed by atoms with Gasteiger partial charge in [-0.25, -0.2) is 9.50 Å². The van der Waals surface area contributed by atoms with Crippen LogP contribution in [0, 0.1) is 13.6 Å². The van der Waals surface area contributed by atoms with Crippen molar-refractivity contribution in [3.05, 3.63) is 82.4 Å². The first-order valence-corrected chi connectivity index (χ1v) is 11.9. The topological polar surface area (TPSA) is 52.2 Å². The Bertz CT molecular complexity index is 1860. The van der Waals surface area contributed by atoms with Gasteiger partial charge in [0.2, 0.25) is 5.52 Å². The van der Waals surface area contributed by atoms with Gasteiger partial charge in [0.25, 0.3) is 0 Å². The standard InChI is InChI=1S/C26H19Cl2N6/c1-14-4-3-5-17-18-10-23-15(11-30-32(23)2)8-19(18)25-20-13-33(26-21(28)9-16(27)12-29-26)7-6-22(20)31-34(25)24(14)17/h3-5,8-12H,2,6-7,13H2,1H3/q+1. The van der Waals surface area contributed by atoms with Gasteiger partial charge in [-0.2, -0.15) is 5.10 Å². The third-order valence-electron chi connectivity index (χ3n) is 6.90. The number of hydrogen-bond donors (Lipinski definition) is 0. The maximum absolute atomic E-state index is 6.52. The van der Waals surface area contributed by atoms with E-state index in [4.69, 9.17) is 28.3 Å². The molecule has 34 heavy (non-hydrogen) atoms. The van der Waals surface area contributed by atoms with Gasteiger partial charge in [-0.1, -0.05) is 45.8 Å². The third kappa shape index (κ3) is 2.70. The summed E-state index contributed by atoms with van der Waals surface area (Å²) >= 11 is 12.6. The molecule has 7 rings (SSSR count). The first-order valence-electron chi connectivity index (χ1n) is 11.1. The fourth-order valence-corrected chi connectivity index (χ4v) is 5.83. The highest BCUT2D eigenvalue weighted by molar-refractivity contribution is 6.36. The van der Waals surface area contributed by atoms with E-state index >= 15 is 0 Å². The number of fused-ring (bicyclic) bond motifs is 9. The summed E-state index contributed by atoms with van der Waals surface area (Å²) in [5.74, 6) is 0.748. The molecule has 0 bridgehead atoms. The van der Waals surface area contributed by atoms with Crippen LogP contribution in [0.3, 0.4) is 0 Å². The monoisotopic (exact) mass is 485 g/mol. The van der Waals surface area contributed by atoms with Crippen molar-refractivity contribution in [3.8, 4) is 0 Å². The minimum Gasteiger partial charge on any atom is -0.351 e. The van der Waals surface area contributed by atoms with Crippen molar-refractivity contribution in [2.75, 3.05) is 11.4 Å². The second kappa shape index (κ2) is 7.01. The Morgan fingerprint density at radius 3 is 2.76 bits per heavy atom. The fourth-order valence-electron chi connectivity index (χ4n) is 5.33. The number of aromatic nitrogens is 5. The Hall–Kier alpha value is -3.48. The number of hydrogen-bond acceptors (Lipinski definition) is 4. The van der Waals surface area contributed by atoms with E-state index in [9.17, 15) is 0 Å². The van der Waals surface area contributed by atoms with E-state index in [1.54, 1.807) is 16.6 Å². The zero-order valence-corrected chi connectivity index (χ0v) is 19.9. The molecule has 6 aromatic rings. The molecular formula is C26H19Cl2N6+. The van der Waals surface area contributed by atoms with Crippen molar-refractivity contribution >= 4 is 67.1 Å². The van der Waals surface area contributed by atoms with Gasteiger partial charge in [-0.15, -0.1) is 0 Å². The lowest BCUT2D eigenvalue weighted by Crippen LogP contribution is -2.31. The Balaban J connectivity index is 1.57. The lowest BCUT2D eigenvalue weighted by molar-refractivity contribution is -0.535. The van der Waals surface area contributed by atoms with Crippen molar-refractivity contribution in [2.24, 2.45) is 0 Å². The molecule has 1 aliphatic rings. The van der Waals surface area contributed by atoms with Gasteiger partial charge in [-0.05, 0) is 35.1 Å². The average molecular weight is 486 g/mol. The van der Waals surface area contributed by atoms with E-state index in [0.717, 1.165) is 51.8 Å². The number of para-hydroxylation sites is 1. The summed E-state index contributed by atoms with van der Waals surface area (Å²) in [5, 5.41) is 15.2. The molecule has 4 aromatic heterocycles. The van der Waals surface area contributed by atoms with E-state index in [-0.39, 0.29) is 0 Å². The number of anilines is 1. The molecule has 0 fully saturated rings. The van der Waals surface area contributed by atoms with Gasteiger partial charge >= 0.3 is 0 Å². The molecule has 0 radical (unpaired) electrons. The van der Waals surface area contributed by atoms with Crippen molar-refractivity contribution in [1.82, 2.24) is 19.7 Å². The van der Waals surface area contributed by atoms with Crippen LogP contribution in [0.4, 0.5) is 5.82 Å². The van der Waals surface area contributed by atoms with Crippen LogP contribution in [-0.2, 0) is 13.0 Å². The number of pyridine rings is 2. The molecule has 166 valence electrons. The molecule has 0 spiro atoms. The highest BCUT2D eigenvalue weighted by Crippen LogP contribution is 2.38. The van der Waals surface area contributed by atoms with Gasteiger partial charge < -0.3 is 4.90 Å². The van der Waals surface area contributed by atoms with Crippen LogP contribution in [0.5, 0.6) is 0 Å². The van der Waals surface area contributed by atoms with Crippen molar-refractivity contribution in [3.63, 3.8) is 0 Å². The number of rotatable bonds is 1. The molecule has 0 N–H and O–H groups in total. The van der Waals surface area contributed by atoms with E-state index < -0.39 is 0 Å². The molecule has 2 aromatic carbocycles. The zero-order valence-electron chi connectivity index (χ0n) is 18.4. The van der Waals surface area contributed by atoms with E-state index in [1.807, 2.05) is 6.20 Å². The van der Waals surface area contributed by atoms with Crippen LogP contribution in [0.2, 0.25) is 10.0 Å². The number of nitrogens with zero attached hydrogens (tertiary/aromatic N) is 6. The highest BCUT2D eigenvalue weighted by atomic mass is 35.5. The Kier molecular flexibility index (Phi) is 4.11. The molecule has 0 aliphatic carbocycles. The van der Waals surface area contributed by atoms with Gasteiger partial charge in [0.05, 0.1) is 32.2 Å². The van der Waals surface area contributed by atoms with Gasteiger partial charge in [0.15, 0.2) is 6.72 Å². The van der Waals surface area contributed by atoms with Crippen LogP contribution >= 0.6 is 23.2 Å². The Labute approximate surface area is 204 Å². The summed E-state index contributed by atoms with van der Waals surface area (Å²) < 4.78 is 3.82. The summed E-state index contributed by atoms with van der Waals surface area (Å²) in [5.41, 5.74) is 6.77. The minimum absolute atomic E-state index is 0.533. The summed E-state index contributed by atoms with van der Waals surface area (Å²) in [6.07, 6.45) is 4.32. The molecule has 0 unspecified atom stereocenters. The molecule has 1 aliphatic heterocycles. The van der Waals surface area contributed by atoms with Gasteiger partial charge in [0.1, 0.15) is 12.0 Å². The first kappa shape index (κ1) is 19.9. The largest absolute Gasteiger partial charge is 0.351 e. The maximum Gasteiger partial charge on any atom is 0.246 e. The molecule has 0 saturated carbocycles. The molecule has 8 heteroatoms. The average Bonchev–Trinajstić information content (AvgIpc) is 3.38. The second-order valence-corrected chi connectivity index (χ2v) is 9.73. The number of halogens is 2. The quantitative estimate of drug-likeness (QED) is 0.231. The van der Waals surface area contributed by atoms with Crippen molar-refractivity contribution in [1.29, 1.82) is 0 Å². The van der Waals surface area contributed by atoms with Crippen LogP contribution < -0.4 is 9.26 Å². The van der Waals surface area contributed by atoms with Crippen molar-refractivity contribution in [2.45, 2.75) is 19.9 Å². The van der Waals surface area contributed by atoms with E-state index in [0.29, 0.717) is 16.6 Å². The lowest BCUT2D eigenvalue weighted by atomic mass is 9.98. The number of benzene rings is 2. The third-order valence-corrected chi connectivity index (χ3v) is 7.38. The summed E-state index contributed by atoms with van der Waals surface area (Å²) in [6, 6.07) is 12.6. The summed E-state index contributed by atoms with van der Waals surface area (Å²) in [4.78, 5) is 6.74. The molecular weight excluding hydrogens is 467 g/mol.